The molecule has 92 valence electrons. The second kappa shape index (κ2) is 4.70. The minimum Gasteiger partial charge on any atom is -0.479 e. The Bertz CT molecular complexity index is 449. The molecule has 1 saturated heterocycles. The third-order valence-corrected chi connectivity index (χ3v) is 5.06. The Morgan fingerprint density at radius 3 is 2.76 bits per heavy atom. The molecule has 2 rings (SSSR count). The molecule has 0 aliphatic carbocycles. The third kappa shape index (κ3) is 2.32. The minimum atomic E-state index is -1.09. The number of carboxylic acid groups (broad SMARTS) is 1. The van der Waals surface area contributed by atoms with Gasteiger partial charge in [0.25, 0.3) is 5.91 Å². The van der Waals surface area contributed by atoms with Gasteiger partial charge in [-0.2, -0.15) is 11.8 Å². The number of aryl methyl sites for hydroxylation is 1. The van der Waals surface area contributed by atoms with Crippen molar-refractivity contribution in [3.8, 4) is 0 Å². The number of carbonyl (C=O) groups is 2. The molecule has 6 heteroatoms. The van der Waals surface area contributed by atoms with E-state index < -0.39 is 11.5 Å². The van der Waals surface area contributed by atoms with Gasteiger partial charge in [0.05, 0.1) is 4.88 Å². The number of aliphatic carboxylic acids is 1. The van der Waals surface area contributed by atoms with E-state index in [2.05, 4.69) is 5.32 Å². The molecule has 0 aromatic carbocycles. The number of thioether (sulfide) groups is 1. The topological polar surface area (TPSA) is 66.4 Å². The average Bonchev–Trinajstić information content (AvgIpc) is 2.87. The van der Waals surface area contributed by atoms with Crippen molar-refractivity contribution in [2.24, 2.45) is 0 Å². The van der Waals surface area contributed by atoms with Crippen LogP contribution in [0.3, 0.4) is 0 Å². The average molecular weight is 271 g/mol. The summed E-state index contributed by atoms with van der Waals surface area (Å²) < 4.78 is 0. The lowest BCUT2D eigenvalue weighted by Crippen LogP contribution is -2.54. The van der Waals surface area contributed by atoms with E-state index in [-0.39, 0.29) is 5.91 Å². The van der Waals surface area contributed by atoms with Gasteiger partial charge in [0.1, 0.15) is 5.54 Å². The van der Waals surface area contributed by atoms with Gasteiger partial charge in [-0.3, -0.25) is 4.79 Å². The molecule has 2 N–H and O–H groups in total. The standard InChI is InChI=1S/C11H13NO3S2/c1-7-2-4-17-8(7)9(13)12-11(10(14)15)3-5-16-6-11/h2,4H,3,5-6H2,1H3,(H,12,13)(H,14,15)/t11-/m0/s1. The lowest BCUT2D eigenvalue weighted by molar-refractivity contribution is -0.143. The van der Waals surface area contributed by atoms with Crippen molar-refractivity contribution in [1.29, 1.82) is 0 Å². The molecule has 1 aromatic heterocycles. The number of carbonyl (C=O) groups excluding carboxylic acids is 1. The predicted molar refractivity (Wildman–Crippen MR) is 68.8 cm³/mol. The van der Waals surface area contributed by atoms with Gasteiger partial charge < -0.3 is 10.4 Å². The lowest BCUT2D eigenvalue weighted by atomic mass is 9.99. The SMILES string of the molecule is Cc1ccsc1C(=O)N[C@@]1(C(=O)O)CCSC1. The van der Waals surface area contributed by atoms with Gasteiger partial charge in [-0.25, -0.2) is 4.79 Å². The van der Waals surface area contributed by atoms with Crippen LogP contribution >= 0.6 is 23.1 Å². The van der Waals surface area contributed by atoms with Crippen LogP contribution in [0.2, 0.25) is 0 Å². The van der Waals surface area contributed by atoms with E-state index in [1.54, 1.807) is 11.8 Å². The summed E-state index contributed by atoms with van der Waals surface area (Å²) in [7, 11) is 0. The Balaban J connectivity index is 2.17. The van der Waals surface area contributed by atoms with Gasteiger partial charge in [-0.15, -0.1) is 11.3 Å². The molecule has 2 heterocycles. The molecule has 0 spiro atoms. The number of nitrogens with one attached hydrogen (secondary N) is 1. The highest BCUT2D eigenvalue weighted by molar-refractivity contribution is 7.99. The van der Waals surface area contributed by atoms with Crippen molar-refractivity contribution in [3.63, 3.8) is 0 Å². The van der Waals surface area contributed by atoms with Crippen molar-refractivity contribution >= 4 is 35.0 Å². The zero-order chi connectivity index (χ0) is 12.5. The fraction of sp³-hybridized carbons (Fsp3) is 0.455. The maximum atomic E-state index is 12.0. The Labute approximate surface area is 107 Å². The quantitative estimate of drug-likeness (QED) is 0.879. The summed E-state index contributed by atoms with van der Waals surface area (Å²) in [4.78, 5) is 23.9. The zero-order valence-electron chi connectivity index (χ0n) is 9.36. The van der Waals surface area contributed by atoms with E-state index in [1.165, 1.54) is 11.3 Å². The van der Waals surface area contributed by atoms with Gasteiger partial charge in [-0.05, 0) is 36.1 Å². The molecular weight excluding hydrogens is 258 g/mol. The van der Waals surface area contributed by atoms with Crippen LogP contribution in [0.4, 0.5) is 0 Å². The van der Waals surface area contributed by atoms with Gasteiger partial charge >= 0.3 is 5.97 Å². The van der Waals surface area contributed by atoms with Gasteiger partial charge in [0, 0.05) is 5.75 Å². The van der Waals surface area contributed by atoms with Crippen LogP contribution in [0, 0.1) is 6.92 Å². The fourth-order valence-corrected chi connectivity index (χ4v) is 3.91. The molecule has 0 bridgehead atoms. The summed E-state index contributed by atoms with van der Waals surface area (Å²) in [5.74, 6) is 0.00145. The first-order chi connectivity index (χ1) is 8.05. The molecule has 0 unspecified atom stereocenters. The Morgan fingerprint density at radius 1 is 1.53 bits per heavy atom. The molecule has 0 saturated carbocycles. The van der Waals surface area contributed by atoms with Crippen LogP contribution in [0.25, 0.3) is 0 Å². The number of rotatable bonds is 3. The van der Waals surface area contributed by atoms with Gasteiger partial charge in [0.15, 0.2) is 0 Å². The highest BCUT2D eigenvalue weighted by Crippen LogP contribution is 2.29. The molecule has 1 fully saturated rings. The summed E-state index contributed by atoms with van der Waals surface area (Å²) >= 11 is 2.90. The van der Waals surface area contributed by atoms with Crippen LogP contribution in [0.1, 0.15) is 21.7 Å². The van der Waals surface area contributed by atoms with Crippen LogP contribution in [-0.2, 0) is 4.79 Å². The van der Waals surface area contributed by atoms with E-state index in [0.29, 0.717) is 17.1 Å². The Hall–Kier alpha value is -1.01. The molecule has 17 heavy (non-hydrogen) atoms. The second-order valence-electron chi connectivity index (χ2n) is 4.08. The molecule has 1 amide bonds. The number of thiophene rings is 1. The summed E-state index contributed by atoms with van der Waals surface area (Å²) in [6, 6.07) is 1.86. The van der Waals surface area contributed by atoms with E-state index >= 15 is 0 Å². The van der Waals surface area contributed by atoms with Crippen molar-refractivity contribution in [3.05, 3.63) is 21.9 Å². The van der Waals surface area contributed by atoms with Crippen LogP contribution < -0.4 is 5.32 Å². The first-order valence-corrected chi connectivity index (χ1v) is 7.26. The van der Waals surface area contributed by atoms with Gasteiger partial charge in [-0.1, -0.05) is 0 Å². The first-order valence-electron chi connectivity index (χ1n) is 5.23. The summed E-state index contributed by atoms with van der Waals surface area (Å²) in [5, 5.41) is 13.8. The first kappa shape index (κ1) is 12.4. The number of hydrogen-bond acceptors (Lipinski definition) is 4. The molecule has 1 aliphatic heterocycles. The predicted octanol–water partition coefficient (Wildman–Crippen LogP) is 1.75. The van der Waals surface area contributed by atoms with Crippen molar-refractivity contribution in [2.75, 3.05) is 11.5 Å². The number of hydrogen-bond donors (Lipinski definition) is 2. The smallest absolute Gasteiger partial charge is 0.330 e. The van der Waals surface area contributed by atoms with Crippen molar-refractivity contribution in [2.45, 2.75) is 18.9 Å². The summed E-state index contributed by atoms with van der Waals surface area (Å²) in [5.41, 5.74) is -0.197. The summed E-state index contributed by atoms with van der Waals surface area (Å²) in [6.45, 7) is 1.85. The highest BCUT2D eigenvalue weighted by Gasteiger charge is 2.43. The molecule has 1 aromatic rings. The van der Waals surface area contributed by atoms with E-state index in [9.17, 15) is 14.7 Å². The van der Waals surface area contributed by atoms with Crippen molar-refractivity contribution < 1.29 is 14.7 Å². The Morgan fingerprint density at radius 2 is 2.29 bits per heavy atom. The van der Waals surface area contributed by atoms with Crippen molar-refractivity contribution in [1.82, 2.24) is 5.32 Å². The maximum Gasteiger partial charge on any atom is 0.330 e. The monoisotopic (exact) mass is 271 g/mol. The minimum absolute atomic E-state index is 0.276. The Kier molecular flexibility index (Phi) is 3.44. The lowest BCUT2D eigenvalue weighted by Gasteiger charge is -2.24. The molecular formula is C11H13NO3S2. The second-order valence-corrected chi connectivity index (χ2v) is 6.10. The normalized spacial score (nSPS) is 23.6. The number of carboxylic acids is 1. The van der Waals surface area contributed by atoms with Crippen LogP contribution in [0.5, 0.6) is 0 Å². The van der Waals surface area contributed by atoms with Crippen LogP contribution in [0.15, 0.2) is 11.4 Å². The highest BCUT2D eigenvalue weighted by atomic mass is 32.2. The zero-order valence-corrected chi connectivity index (χ0v) is 11.0. The molecule has 0 radical (unpaired) electrons. The van der Waals surface area contributed by atoms with Gasteiger partial charge in [0.2, 0.25) is 0 Å². The van der Waals surface area contributed by atoms with Crippen LogP contribution in [-0.4, -0.2) is 34.0 Å². The van der Waals surface area contributed by atoms with E-state index in [1.807, 2.05) is 18.4 Å². The fourth-order valence-electron chi connectivity index (χ4n) is 1.77. The maximum absolute atomic E-state index is 12.0. The number of amides is 1. The summed E-state index contributed by atoms with van der Waals surface area (Å²) in [6.07, 6.45) is 0.489. The van der Waals surface area contributed by atoms with E-state index in [0.717, 1.165) is 11.3 Å². The third-order valence-electron chi connectivity index (χ3n) is 2.85. The molecule has 1 aliphatic rings. The van der Waals surface area contributed by atoms with E-state index in [4.69, 9.17) is 0 Å². The molecule has 4 nitrogen and oxygen atoms in total. The molecule has 1 atom stereocenters. The largest absolute Gasteiger partial charge is 0.479 e.